The number of phosphoric acid groups is 3. The Bertz CT molecular complexity index is 1240. The van der Waals surface area contributed by atoms with Gasteiger partial charge >= 0.3 is 23.5 Å². The van der Waals surface area contributed by atoms with Crippen molar-refractivity contribution in [1.82, 2.24) is 19.5 Å². The van der Waals surface area contributed by atoms with E-state index in [4.69, 9.17) is 30.9 Å². The number of ether oxygens (including phenoxy) is 1. The van der Waals surface area contributed by atoms with Gasteiger partial charge in [0.05, 0.1) is 19.0 Å². The van der Waals surface area contributed by atoms with E-state index in [1.807, 2.05) is 0 Å². The summed E-state index contributed by atoms with van der Waals surface area (Å²) in [5.74, 6) is -1.56. The molecule has 19 nitrogen and oxygen atoms in total. The number of aliphatic hydroxyl groups is 1. The molecule has 0 saturated carbocycles. The lowest BCUT2D eigenvalue weighted by molar-refractivity contribution is -0.0432. The predicted molar refractivity (Wildman–Crippen MR) is 103 cm³/mol. The number of hydrogen-bond acceptors (Lipinski definition) is 14. The molecule has 182 valence electrons. The van der Waals surface area contributed by atoms with Crippen molar-refractivity contribution >= 4 is 46.4 Å². The van der Waals surface area contributed by atoms with Gasteiger partial charge in [-0.3, -0.25) is 9.09 Å². The van der Waals surface area contributed by atoms with Crippen LogP contribution in [0.2, 0.25) is 0 Å². The number of nitrogens with two attached hydrogens (primary N) is 2. The summed E-state index contributed by atoms with van der Waals surface area (Å²) in [5.41, 5.74) is 11.5. The smallest absolute Gasteiger partial charge is 0.389 e. The van der Waals surface area contributed by atoms with Crippen LogP contribution in [0.1, 0.15) is 6.23 Å². The van der Waals surface area contributed by atoms with Crippen molar-refractivity contribution in [1.29, 1.82) is 5.26 Å². The normalized spacial score (nSPS) is 27.2. The minimum atomic E-state index is -5.73. The SMILES string of the molecule is N#CC1C(O)C(COP(=O)(O)OP(=O)(O)OP(=O)(O)O)OC1n1cnc2c(N)nc(N)nc21. The van der Waals surface area contributed by atoms with E-state index in [1.54, 1.807) is 6.07 Å². The number of nitrogen functional groups attached to an aromatic ring is 2. The number of fused-ring (bicyclic) bond motifs is 1. The molecule has 0 bridgehead atoms. The van der Waals surface area contributed by atoms with Crippen molar-refractivity contribution in [2.75, 3.05) is 18.1 Å². The molecule has 1 saturated heterocycles. The Kier molecular flexibility index (Phi) is 6.95. The zero-order valence-corrected chi connectivity index (χ0v) is 18.6. The minimum Gasteiger partial charge on any atom is -0.389 e. The highest BCUT2D eigenvalue weighted by atomic mass is 31.3. The first-order valence-corrected chi connectivity index (χ1v) is 12.9. The van der Waals surface area contributed by atoms with Gasteiger partial charge < -0.3 is 40.9 Å². The lowest BCUT2D eigenvalue weighted by Crippen LogP contribution is -2.29. The van der Waals surface area contributed by atoms with Gasteiger partial charge in [-0.2, -0.15) is 23.9 Å². The summed E-state index contributed by atoms with van der Waals surface area (Å²) in [6, 6.07) is 1.80. The second-order valence-corrected chi connectivity index (χ2v) is 10.8. The Morgan fingerprint density at radius 2 is 1.82 bits per heavy atom. The molecule has 0 aromatic carbocycles. The number of hydrogen-bond donors (Lipinski definition) is 7. The van der Waals surface area contributed by atoms with Crippen LogP contribution < -0.4 is 11.5 Å². The molecule has 2 aromatic rings. The highest BCUT2D eigenvalue weighted by molar-refractivity contribution is 7.66. The van der Waals surface area contributed by atoms with Crippen LogP contribution in [0.25, 0.3) is 11.2 Å². The largest absolute Gasteiger partial charge is 0.490 e. The van der Waals surface area contributed by atoms with E-state index in [9.17, 15) is 29.0 Å². The van der Waals surface area contributed by atoms with E-state index in [2.05, 4.69) is 28.1 Å². The lowest BCUT2D eigenvalue weighted by atomic mass is 10.0. The molecule has 6 unspecified atom stereocenters. The molecular weight excluding hydrogens is 515 g/mol. The average Bonchev–Trinajstić information content (AvgIpc) is 3.17. The Hall–Kier alpha value is -2.03. The lowest BCUT2D eigenvalue weighted by Gasteiger charge is -2.19. The highest BCUT2D eigenvalue weighted by Crippen LogP contribution is 2.66. The Labute approximate surface area is 183 Å². The van der Waals surface area contributed by atoms with Gasteiger partial charge in [0.2, 0.25) is 5.95 Å². The van der Waals surface area contributed by atoms with E-state index in [-0.39, 0.29) is 22.9 Å². The first kappa shape index (κ1) is 25.6. The zero-order valence-electron chi connectivity index (χ0n) is 15.9. The Morgan fingerprint density at radius 3 is 2.42 bits per heavy atom. The number of aromatic nitrogens is 4. The molecule has 3 rings (SSSR count). The first-order valence-electron chi connectivity index (χ1n) is 8.39. The maximum atomic E-state index is 11.9. The number of nitriles is 1. The van der Waals surface area contributed by atoms with E-state index in [0.717, 1.165) is 0 Å². The molecule has 0 spiro atoms. The molecule has 3 heterocycles. The van der Waals surface area contributed by atoms with Crippen LogP contribution in [0.3, 0.4) is 0 Å². The summed E-state index contributed by atoms with van der Waals surface area (Å²) in [6.45, 7) is -0.967. The second kappa shape index (κ2) is 8.96. The van der Waals surface area contributed by atoms with Gasteiger partial charge in [-0.15, -0.1) is 0 Å². The highest BCUT2D eigenvalue weighted by Gasteiger charge is 2.47. The van der Waals surface area contributed by atoms with Gasteiger partial charge in [0.25, 0.3) is 0 Å². The first-order chi connectivity index (χ1) is 15.1. The van der Waals surface area contributed by atoms with E-state index < -0.39 is 54.4 Å². The molecule has 33 heavy (non-hydrogen) atoms. The van der Waals surface area contributed by atoms with Gasteiger partial charge in [0.15, 0.2) is 17.7 Å². The molecule has 0 radical (unpaired) electrons. The maximum absolute atomic E-state index is 11.9. The third-order valence-electron chi connectivity index (χ3n) is 4.08. The Morgan fingerprint density at radius 1 is 1.15 bits per heavy atom. The summed E-state index contributed by atoms with van der Waals surface area (Å²) in [5, 5.41) is 19.9. The van der Waals surface area contributed by atoms with Crippen molar-refractivity contribution in [2.24, 2.45) is 5.92 Å². The fourth-order valence-electron chi connectivity index (χ4n) is 2.87. The van der Waals surface area contributed by atoms with Crippen LogP contribution in [0.15, 0.2) is 6.33 Å². The molecule has 1 fully saturated rings. The van der Waals surface area contributed by atoms with Crippen LogP contribution in [0.5, 0.6) is 0 Å². The van der Waals surface area contributed by atoms with Crippen molar-refractivity contribution in [3.8, 4) is 6.07 Å². The quantitative estimate of drug-likeness (QED) is 0.195. The molecule has 22 heteroatoms. The van der Waals surface area contributed by atoms with Gasteiger partial charge in [0.1, 0.15) is 23.6 Å². The number of nitrogens with zero attached hydrogens (tertiary/aromatic N) is 5. The van der Waals surface area contributed by atoms with E-state index in [1.165, 1.54) is 10.9 Å². The van der Waals surface area contributed by atoms with Crippen molar-refractivity contribution in [3.05, 3.63) is 6.33 Å². The van der Waals surface area contributed by atoms with Crippen LogP contribution >= 0.6 is 23.5 Å². The molecule has 9 N–H and O–H groups in total. The second-order valence-electron chi connectivity index (χ2n) is 6.39. The van der Waals surface area contributed by atoms with Crippen LogP contribution in [-0.2, 0) is 31.6 Å². The van der Waals surface area contributed by atoms with Crippen LogP contribution in [-0.4, -0.2) is 63.0 Å². The molecule has 1 aliphatic rings. The summed E-state index contributed by atoms with van der Waals surface area (Å²) >= 11 is 0. The maximum Gasteiger partial charge on any atom is 0.490 e. The summed E-state index contributed by atoms with van der Waals surface area (Å²) in [4.78, 5) is 47.4. The van der Waals surface area contributed by atoms with Crippen molar-refractivity contribution < 1.29 is 56.3 Å². The van der Waals surface area contributed by atoms with E-state index >= 15 is 0 Å². The molecule has 1 aliphatic heterocycles. The summed E-state index contributed by atoms with van der Waals surface area (Å²) < 4.78 is 52.3. The third kappa shape index (κ3) is 5.91. The van der Waals surface area contributed by atoms with Crippen molar-refractivity contribution in [2.45, 2.75) is 18.4 Å². The minimum absolute atomic E-state index is 0.0611. The topological polar surface area (TPSA) is 309 Å². The summed E-state index contributed by atoms with van der Waals surface area (Å²) in [7, 11) is -16.8. The fourth-order valence-corrected chi connectivity index (χ4v) is 5.90. The molecule has 6 atom stereocenters. The van der Waals surface area contributed by atoms with Gasteiger partial charge in [-0.25, -0.2) is 18.7 Å². The number of rotatable bonds is 8. The van der Waals surface area contributed by atoms with Crippen molar-refractivity contribution in [3.63, 3.8) is 0 Å². The monoisotopic (exact) mass is 531 g/mol. The summed E-state index contributed by atoms with van der Waals surface area (Å²) in [6.07, 6.45) is -3.14. The standard InChI is InChI=1S/C11H16N7O12P3/c12-1-4-7(19)5(2-27-32(23,24)30-33(25,26)29-31(20,21)22)28-10(4)18-3-15-6-8(13)16-11(14)17-9(6)18/h3-5,7,10,19H,2H2,(H,23,24)(H,25,26)(H2,20,21,22)(H4,13,14,16,17). The fraction of sp³-hybridized carbons (Fsp3) is 0.455. The number of aliphatic hydroxyl groups excluding tert-OH is 1. The van der Waals surface area contributed by atoms with Crippen LogP contribution in [0.4, 0.5) is 11.8 Å². The number of anilines is 2. The average molecular weight is 531 g/mol. The molecule has 2 aromatic heterocycles. The van der Waals surface area contributed by atoms with Gasteiger partial charge in [-0.1, -0.05) is 0 Å². The number of imidazole rings is 1. The molecular formula is C11H16N7O12P3. The van der Waals surface area contributed by atoms with E-state index in [0.29, 0.717) is 0 Å². The molecule has 0 aliphatic carbocycles. The van der Waals surface area contributed by atoms with Crippen LogP contribution in [0, 0.1) is 17.2 Å². The van der Waals surface area contributed by atoms with Gasteiger partial charge in [0, 0.05) is 0 Å². The number of phosphoric ester groups is 1. The third-order valence-corrected chi connectivity index (χ3v) is 7.88. The Balaban J connectivity index is 1.76. The zero-order chi connectivity index (χ0) is 24.8. The molecule has 0 amide bonds. The predicted octanol–water partition coefficient (Wildman–Crippen LogP) is -1.27. The van der Waals surface area contributed by atoms with Gasteiger partial charge in [-0.05, 0) is 0 Å².